The molecule has 0 bridgehead atoms. The molecule has 1 aliphatic heterocycles. The molecule has 0 N–H and O–H groups in total. The number of hydrogen-bond acceptors (Lipinski definition) is 4. The Bertz CT molecular complexity index is 1150. The highest BCUT2D eigenvalue weighted by atomic mass is 35.5. The maximum Gasteiger partial charge on any atom is 0.340 e. The van der Waals surface area contributed by atoms with Crippen molar-refractivity contribution in [1.29, 1.82) is 0 Å². The van der Waals surface area contributed by atoms with Gasteiger partial charge in [0.15, 0.2) is 0 Å². The summed E-state index contributed by atoms with van der Waals surface area (Å²) < 4.78 is 4.98. The lowest BCUT2D eigenvalue weighted by Gasteiger charge is -2.17. The summed E-state index contributed by atoms with van der Waals surface area (Å²) in [6.07, 6.45) is 0. The molecule has 2 heterocycles. The molecule has 29 heavy (non-hydrogen) atoms. The zero-order chi connectivity index (χ0) is 20.7. The van der Waals surface area contributed by atoms with Crippen molar-refractivity contribution in [3.05, 3.63) is 81.1 Å². The third-order valence-corrected chi connectivity index (χ3v) is 5.43. The Balaban J connectivity index is 2.00. The molecular weight excluding hydrogens is 411 g/mol. The molecule has 5 nitrogen and oxygen atoms in total. The van der Waals surface area contributed by atoms with E-state index in [1.54, 1.807) is 30.0 Å². The Morgan fingerprint density at radius 1 is 1.10 bits per heavy atom. The number of fused-ring (bicyclic) bond motifs is 1. The molecule has 0 spiro atoms. The van der Waals surface area contributed by atoms with Crippen LogP contribution >= 0.6 is 23.2 Å². The van der Waals surface area contributed by atoms with Gasteiger partial charge in [-0.1, -0.05) is 47.5 Å². The van der Waals surface area contributed by atoms with Crippen molar-refractivity contribution in [2.24, 2.45) is 0 Å². The van der Waals surface area contributed by atoms with E-state index in [1.807, 2.05) is 30.3 Å². The van der Waals surface area contributed by atoms with Crippen LogP contribution in [0.5, 0.6) is 0 Å². The van der Waals surface area contributed by atoms with Crippen LogP contribution < -0.4 is 4.90 Å². The van der Waals surface area contributed by atoms with Crippen LogP contribution in [0, 0.1) is 6.92 Å². The Labute approximate surface area is 177 Å². The number of anilines is 1. The van der Waals surface area contributed by atoms with E-state index in [-0.39, 0.29) is 11.5 Å². The minimum Gasteiger partial charge on any atom is -0.465 e. The van der Waals surface area contributed by atoms with E-state index in [2.05, 4.69) is 4.98 Å². The summed E-state index contributed by atoms with van der Waals surface area (Å²) in [4.78, 5) is 32.2. The highest BCUT2D eigenvalue weighted by Crippen LogP contribution is 2.41. The number of methoxy groups -OCH3 is 1. The van der Waals surface area contributed by atoms with Crippen LogP contribution in [-0.2, 0) is 11.3 Å². The molecule has 0 atom stereocenters. The maximum atomic E-state index is 13.4. The van der Waals surface area contributed by atoms with Crippen LogP contribution in [0.25, 0.3) is 11.1 Å². The zero-order valence-electron chi connectivity index (χ0n) is 15.7. The first-order valence-corrected chi connectivity index (χ1v) is 9.62. The van der Waals surface area contributed by atoms with E-state index >= 15 is 0 Å². The second-order valence-corrected chi connectivity index (χ2v) is 7.46. The number of hydrogen-bond donors (Lipinski definition) is 0. The molecule has 0 aliphatic carbocycles. The van der Waals surface area contributed by atoms with Gasteiger partial charge in [0.25, 0.3) is 5.91 Å². The third kappa shape index (κ3) is 3.26. The van der Waals surface area contributed by atoms with Crippen LogP contribution in [-0.4, -0.2) is 24.0 Å². The van der Waals surface area contributed by atoms with E-state index in [1.165, 1.54) is 7.11 Å². The zero-order valence-corrected chi connectivity index (χ0v) is 17.2. The van der Waals surface area contributed by atoms with Gasteiger partial charge in [-0.15, -0.1) is 0 Å². The van der Waals surface area contributed by atoms with Gasteiger partial charge in [0.05, 0.1) is 36.2 Å². The van der Waals surface area contributed by atoms with Crippen molar-refractivity contribution in [2.45, 2.75) is 13.5 Å². The molecule has 1 aromatic heterocycles. The number of carbonyl (C=O) groups is 2. The fourth-order valence-corrected chi connectivity index (χ4v) is 4.10. The Morgan fingerprint density at radius 2 is 1.83 bits per heavy atom. The number of rotatable bonds is 3. The average Bonchev–Trinajstić information content (AvgIpc) is 3.03. The average molecular weight is 427 g/mol. The lowest BCUT2D eigenvalue weighted by atomic mass is 9.93. The molecular formula is C22H16Cl2N2O3. The Kier molecular flexibility index (Phi) is 5.03. The van der Waals surface area contributed by atoms with Gasteiger partial charge in [-0.2, -0.15) is 0 Å². The number of amides is 1. The minimum atomic E-state index is -0.579. The van der Waals surface area contributed by atoms with Crippen LogP contribution in [0.1, 0.15) is 32.1 Å². The van der Waals surface area contributed by atoms with Crippen LogP contribution in [0.4, 0.5) is 5.69 Å². The van der Waals surface area contributed by atoms with Gasteiger partial charge in [0.2, 0.25) is 0 Å². The first kappa shape index (κ1) is 19.4. The van der Waals surface area contributed by atoms with Crippen molar-refractivity contribution < 1.29 is 14.3 Å². The monoisotopic (exact) mass is 426 g/mol. The summed E-state index contributed by atoms with van der Waals surface area (Å²) in [5, 5.41) is 0.791. The van der Waals surface area contributed by atoms with Gasteiger partial charge in [0, 0.05) is 26.9 Å². The first-order valence-electron chi connectivity index (χ1n) is 8.86. The van der Waals surface area contributed by atoms with Gasteiger partial charge in [-0.25, -0.2) is 4.79 Å². The van der Waals surface area contributed by atoms with Crippen molar-refractivity contribution in [2.75, 3.05) is 12.0 Å². The number of benzene rings is 2. The lowest BCUT2D eigenvalue weighted by Crippen LogP contribution is -2.23. The van der Waals surface area contributed by atoms with E-state index in [0.717, 1.165) is 5.69 Å². The van der Waals surface area contributed by atoms with Gasteiger partial charge >= 0.3 is 5.97 Å². The summed E-state index contributed by atoms with van der Waals surface area (Å²) in [6, 6.07) is 14.3. The highest BCUT2D eigenvalue weighted by molar-refractivity contribution is 6.37. The molecule has 0 unspecified atom stereocenters. The van der Waals surface area contributed by atoms with Crippen molar-refractivity contribution in [1.82, 2.24) is 4.98 Å². The summed E-state index contributed by atoms with van der Waals surface area (Å²) in [7, 11) is 1.29. The minimum absolute atomic E-state index is 0.221. The fourth-order valence-electron chi connectivity index (χ4n) is 3.60. The van der Waals surface area contributed by atoms with Crippen molar-refractivity contribution in [3.63, 3.8) is 0 Å². The molecule has 1 amide bonds. The molecule has 0 saturated heterocycles. The number of aromatic nitrogens is 1. The number of para-hydroxylation sites is 1. The van der Waals surface area contributed by atoms with Crippen molar-refractivity contribution in [3.8, 4) is 11.1 Å². The molecule has 146 valence electrons. The van der Waals surface area contributed by atoms with Gasteiger partial charge in [-0.05, 0) is 31.2 Å². The number of ether oxygens (including phenoxy) is 1. The topological polar surface area (TPSA) is 59.5 Å². The standard InChI is InChI=1S/C22H16Cl2N2O3/c1-12-18(22(28)29-2)19(15-9-8-13(23)10-16(15)24)20-17(25-12)11-26(21(20)27)14-6-4-3-5-7-14/h3-10H,11H2,1-2H3. The molecule has 0 saturated carbocycles. The quantitative estimate of drug-likeness (QED) is 0.532. The van der Waals surface area contributed by atoms with Gasteiger partial charge in [0.1, 0.15) is 0 Å². The second kappa shape index (κ2) is 7.50. The van der Waals surface area contributed by atoms with E-state index in [4.69, 9.17) is 27.9 Å². The predicted octanol–water partition coefficient (Wildman–Crippen LogP) is 5.31. The van der Waals surface area contributed by atoms with Crippen LogP contribution in [0.15, 0.2) is 48.5 Å². The molecule has 0 radical (unpaired) electrons. The number of aryl methyl sites for hydroxylation is 1. The number of esters is 1. The lowest BCUT2D eigenvalue weighted by molar-refractivity contribution is 0.0600. The van der Waals surface area contributed by atoms with Gasteiger partial charge < -0.3 is 9.64 Å². The largest absolute Gasteiger partial charge is 0.465 e. The highest BCUT2D eigenvalue weighted by Gasteiger charge is 2.37. The van der Waals surface area contributed by atoms with Crippen LogP contribution in [0.2, 0.25) is 10.0 Å². The molecule has 3 aromatic rings. The third-order valence-electron chi connectivity index (χ3n) is 4.88. The summed E-state index contributed by atoms with van der Waals surface area (Å²) >= 11 is 12.5. The second-order valence-electron chi connectivity index (χ2n) is 6.61. The SMILES string of the molecule is COC(=O)c1c(C)nc2c(c1-c1ccc(Cl)cc1Cl)C(=O)N(c1ccccc1)C2. The van der Waals surface area contributed by atoms with E-state index < -0.39 is 5.97 Å². The number of halogens is 2. The molecule has 0 fully saturated rings. The summed E-state index contributed by atoms with van der Waals surface area (Å²) in [5.41, 5.74) is 3.33. The van der Waals surface area contributed by atoms with Crippen LogP contribution in [0.3, 0.4) is 0 Å². The predicted molar refractivity (Wildman–Crippen MR) is 113 cm³/mol. The molecule has 2 aromatic carbocycles. The van der Waals surface area contributed by atoms with Crippen molar-refractivity contribution >= 4 is 40.8 Å². The summed E-state index contributed by atoms with van der Waals surface area (Å²) in [6.45, 7) is 2.02. The molecule has 7 heteroatoms. The Morgan fingerprint density at radius 3 is 2.48 bits per heavy atom. The van der Waals surface area contributed by atoms with E-state index in [9.17, 15) is 9.59 Å². The maximum absolute atomic E-state index is 13.4. The molecule has 4 rings (SSSR count). The summed E-state index contributed by atoms with van der Waals surface area (Å²) in [5.74, 6) is -0.824. The smallest absolute Gasteiger partial charge is 0.340 e. The molecule has 1 aliphatic rings. The number of carbonyl (C=O) groups excluding carboxylic acids is 2. The van der Waals surface area contributed by atoms with E-state index in [0.29, 0.717) is 44.7 Å². The number of pyridine rings is 1. The normalized spacial score (nSPS) is 12.8. The fraction of sp³-hybridized carbons (Fsp3) is 0.136. The van der Waals surface area contributed by atoms with Gasteiger partial charge in [-0.3, -0.25) is 9.78 Å². The number of nitrogens with zero attached hydrogens (tertiary/aromatic N) is 2. The first-order chi connectivity index (χ1) is 13.9. The Hall–Kier alpha value is -2.89.